The molecule has 0 atom stereocenters. The predicted octanol–water partition coefficient (Wildman–Crippen LogP) is 4.38. The maximum Gasteiger partial charge on any atom is 0.266 e. The lowest BCUT2D eigenvalue weighted by Gasteiger charge is -2.06. The van der Waals surface area contributed by atoms with Gasteiger partial charge in [-0.05, 0) is 37.1 Å². The van der Waals surface area contributed by atoms with Gasteiger partial charge < -0.3 is 5.32 Å². The van der Waals surface area contributed by atoms with Crippen molar-refractivity contribution in [2.45, 2.75) is 20.4 Å². The normalized spacial score (nSPS) is 10.9. The summed E-state index contributed by atoms with van der Waals surface area (Å²) >= 11 is 1.25. The number of fused-ring (bicyclic) bond motifs is 1. The molecule has 2 aromatic heterocycles. The molecule has 0 radical (unpaired) electrons. The highest BCUT2D eigenvalue weighted by atomic mass is 32.1. The summed E-state index contributed by atoms with van der Waals surface area (Å²) < 4.78 is 1.59. The van der Waals surface area contributed by atoms with Crippen LogP contribution in [0.1, 0.15) is 26.4 Å². The second-order valence-corrected chi connectivity index (χ2v) is 7.72. The van der Waals surface area contributed by atoms with Crippen molar-refractivity contribution in [3.63, 3.8) is 0 Å². The molecule has 0 bridgehead atoms. The number of hydrogen-bond donors (Lipinski definition) is 1. The van der Waals surface area contributed by atoms with Gasteiger partial charge in [0.15, 0.2) is 0 Å². The summed E-state index contributed by atoms with van der Waals surface area (Å²) in [5.41, 5.74) is 3.47. The Labute approximate surface area is 166 Å². The largest absolute Gasteiger partial charge is 0.321 e. The summed E-state index contributed by atoms with van der Waals surface area (Å²) in [6.07, 6.45) is 1.55. The second-order valence-electron chi connectivity index (χ2n) is 6.72. The molecular formula is C22H19N3O2S. The third-order valence-electron chi connectivity index (χ3n) is 4.63. The Morgan fingerprint density at radius 3 is 2.50 bits per heavy atom. The lowest BCUT2D eigenvalue weighted by Crippen LogP contribution is -2.21. The first-order valence-corrected chi connectivity index (χ1v) is 9.75. The van der Waals surface area contributed by atoms with Crippen LogP contribution in [0.3, 0.4) is 0 Å². The third-order valence-corrected chi connectivity index (χ3v) is 5.83. The van der Waals surface area contributed by atoms with Crippen molar-refractivity contribution in [1.82, 2.24) is 9.55 Å². The lowest BCUT2D eigenvalue weighted by atomic mass is 10.1. The molecule has 140 valence electrons. The monoisotopic (exact) mass is 389 g/mol. The number of anilines is 1. The number of hydrogen-bond acceptors (Lipinski definition) is 4. The van der Waals surface area contributed by atoms with E-state index in [0.717, 1.165) is 5.56 Å². The maximum atomic E-state index is 13.0. The number of aryl methyl sites for hydroxylation is 2. The smallest absolute Gasteiger partial charge is 0.266 e. The van der Waals surface area contributed by atoms with Crippen LogP contribution < -0.4 is 10.9 Å². The van der Waals surface area contributed by atoms with Crippen molar-refractivity contribution < 1.29 is 4.79 Å². The van der Waals surface area contributed by atoms with E-state index in [9.17, 15) is 9.59 Å². The molecule has 0 aliphatic heterocycles. The Bertz CT molecular complexity index is 1210. The van der Waals surface area contributed by atoms with Gasteiger partial charge in [0.05, 0.1) is 23.1 Å². The van der Waals surface area contributed by atoms with Crippen LogP contribution in [0.5, 0.6) is 0 Å². The molecule has 1 amide bonds. The van der Waals surface area contributed by atoms with Gasteiger partial charge in [-0.25, -0.2) is 4.98 Å². The Morgan fingerprint density at radius 2 is 1.79 bits per heavy atom. The Kier molecular flexibility index (Phi) is 4.79. The molecule has 0 fully saturated rings. The van der Waals surface area contributed by atoms with E-state index >= 15 is 0 Å². The van der Waals surface area contributed by atoms with Crippen LogP contribution in [0.25, 0.3) is 10.2 Å². The van der Waals surface area contributed by atoms with Gasteiger partial charge in [0, 0.05) is 5.69 Å². The van der Waals surface area contributed by atoms with E-state index in [2.05, 4.69) is 10.3 Å². The summed E-state index contributed by atoms with van der Waals surface area (Å²) in [7, 11) is 0. The number of nitrogens with one attached hydrogen (secondary N) is 1. The van der Waals surface area contributed by atoms with Crippen LogP contribution in [-0.2, 0) is 6.54 Å². The fraction of sp³-hybridized carbons (Fsp3) is 0.136. The van der Waals surface area contributed by atoms with Crippen molar-refractivity contribution in [3.8, 4) is 0 Å². The molecular weight excluding hydrogens is 370 g/mol. The number of nitrogens with zero attached hydrogens (tertiary/aromatic N) is 2. The molecule has 0 aliphatic carbocycles. The molecule has 28 heavy (non-hydrogen) atoms. The SMILES string of the molecule is Cc1ccc(Cn2cnc3sc(C(=O)Nc4ccccc4)c(C)c3c2=O)cc1. The molecule has 6 heteroatoms. The van der Waals surface area contributed by atoms with E-state index in [1.54, 1.807) is 17.8 Å². The first-order valence-electron chi connectivity index (χ1n) is 8.93. The first kappa shape index (κ1) is 18.1. The van der Waals surface area contributed by atoms with E-state index in [0.29, 0.717) is 32.9 Å². The van der Waals surface area contributed by atoms with Gasteiger partial charge >= 0.3 is 0 Å². The minimum absolute atomic E-state index is 0.127. The predicted molar refractivity (Wildman–Crippen MR) is 113 cm³/mol. The fourth-order valence-electron chi connectivity index (χ4n) is 3.09. The number of carbonyl (C=O) groups excluding carboxylic acids is 1. The number of rotatable bonds is 4. The summed E-state index contributed by atoms with van der Waals surface area (Å²) in [6.45, 7) is 4.28. The van der Waals surface area contributed by atoms with Crippen LogP contribution in [0, 0.1) is 13.8 Å². The van der Waals surface area contributed by atoms with Gasteiger partial charge in [-0.15, -0.1) is 11.3 Å². The van der Waals surface area contributed by atoms with Crippen LogP contribution in [-0.4, -0.2) is 15.5 Å². The zero-order valence-corrected chi connectivity index (χ0v) is 16.4. The molecule has 0 spiro atoms. The molecule has 4 aromatic rings. The number of amides is 1. The molecule has 2 aromatic carbocycles. The minimum atomic E-state index is -0.226. The van der Waals surface area contributed by atoms with Gasteiger partial charge in [0.2, 0.25) is 0 Å². The van der Waals surface area contributed by atoms with E-state index in [1.165, 1.54) is 16.9 Å². The van der Waals surface area contributed by atoms with Crippen LogP contribution >= 0.6 is 11.3 Å². The summed E-state index contributed by atoms with van der Waals surface area (Å²) in [5.74, 6) is -0.226. The van der Waals surface area contributed by atoms with Crippen molar-refractivity contribution in [3.05, 3.63) is 92.8 Å². The number of benzene rings is 2. The Hall–Kier alpha value is -3.25. The van der Waals surface area contributed by atoms with Crippen LogP contribution in [0.4, 0.5) is 5.69 Å². The zero-order valence-electron chi connectivity index (χ0n) is 15.6. The highest BCUT2D eigenvalue weighted by molar-refractivity contribution is 7.20. The molecule has 0 unspecified atom stereocenters. The van der Waals surface area contributed by atoms with Gasteiger partial charge in [-0.3, -0.25) is 14.2 Å². The zero-order chi connectivity index (χ0) is 19.7. The summed E-state index contributed by atoms with van der Waals surface area (Å²) in [4.78, 5) is 31.2. The van der Waals surface area contributed by atoms with Gasteiger partial charge in [0.25, 0.3) is 11.5 Å². The van der Waals surface area contributed by atoms with Crippen molar-refractivity contribution in [2.24, 2.45) is 0 Å². The van der Waals surface area contributed by atoms with Gasteiger partial charge in [-0.1, -0.05) is 48.0 Å². The first-order chi connectivity index (χ1) is 13.5. The molecule has 1 N–H and O–H groups in total. The van der Waals surface area contributed by atoms with E-state index in [4.69, 9.17) is 0 Å². The number of para-hydroxylation sites is 1. The number of thiophene rings is 1. The molecule has 2 heterocycles. The summed E-state index contributed by atoms with van der Waals surface area (Å²) in [6, 6.07) is 17.3. The molecule has 4 rings (SSSR count). The molecule has 0 saturated carbocycles. The summed E-state index contributed by atoms with van der Waals surface area (Å²) in [5, 5.41) is 3.39. The van der Waals surface area contributed by atoms with Crippen LogP contribution in [0.15, 0.2) is 65.7 Å². The van der Waals surface area contributed by atoms with E-state index in [-0.39, 0.29) is 11.5 Å². The number of carbonyl (C=O) groups is 1. The van der Waals surface area contributed by atoms with E-state index < -0.39 is 0 Å². The fourth-order valence-corrected chi connectivity index (χ4v) is 4.12. The minimum Gasteiger partial charge on any atom is -0.321 e. The topological polar surface area (TPSA) is 64.0 Å². The lowest BCUT2D eigenvalue weighted by molar-refractivity contribution is 0.103. The average molecular weight is 389 g/mol. The van der Waals surface area contributed by atoms with E-state index in [1.807, 2.05) is 61.5 Å². The molecule has 5 nitrogen and oxygen atoms in total. The third kappa shape index (κ3) is 3.46. The quantitative estimate of drug-likeness (QED) is 0.563. The van der Waals surface area contributed by atoms with Gasteiger partial charge in [0.1, 0.15) is 4.83 Å². The molecule has 0 saturated heterocycles. The maximum absolute atomic E-state index is 13.0. The van der Waals surface area contributed by atoms with Crippen molar-refractivity contribution in [2.75, 3.05) is 5.32 Å². The standard InChI is InChI=1S/C22H19N3O2S/c1-14-8-10-16(11-9-14)12-25-13-23-21-18(22(25)27)15(2)19(28-21)20(26)24-17-6-4-3-5-7-17/h3-11,13H,12H2,1-2H3,(H,24,26). The molecule has 0 aliphatic rings. The van der Waals surface area contributed by atoms with Crippen molar-refractivity contribution >= 4 is 33.1 Å². The highest BCUT2D eigenvalue weighted by Gasteiger charge is 2.19. The van der Waals surface area contributed by atoms with Crippen molar-refractivity contribution in [1.29, 1.82) is 0 Å². The average Bonchev–Trinajstić information content (AvgIpc) is 3.04. The Morgan fingerprint density at radius 1 is 1.07 bits per heavy atom. The number of aromatic nitrogens is 2. The van der Waals surface area contributed by atoms with Gasteiger partial charge in [-0.2, -0.15) is 0 Å². The second kappa shape index (κ2) is 7.40. The Balaban J connectivity index is 1.69. The highest BCUT2D eigenvalue weighted by Crippen LogP contribution is 2.27. The van der Waals surface area contributed by atoms with Crippen LogP contribution in [0.2, 0.25) is 0 Å².